The summed E-state index contributed by atoms with van der Waals surface area (Å²) in [6.07, 6.45) is 0. The first-order valence-electron chi connectivity index (χ1n) is 8.11. The van der Waals surface area contributed by atoms with Crippen molar-refractivity contribution < 1.29 is 13.2 Å². The first kappa shape index (κ1) is 18.9. The number of halogens is 1. The Morgan fingerprint density at radius 3 is 2.30 bits per heavy atom. The van der Waals surface area contributed by atoms with E-state index in [1.807, 2.05) is 6.07 Å². The number of hydrogen-bond acceptors (Lipinski definition) is 3. The van der Waals surface area contributed by atoms with Crippen LogP contribution in [0.5, 0.6) is 0 Å². The first-order valence-corrected chi connectivity index (χ1v) is 9.97. The molecular weight excluding hydrogens is 384 g/mol. The third-order valence-electron chi connectivity index (χ3n) is 3.89. The largest absolute Gasteiger partial charge is 0.322 e. The lowest BCUT2D eigenvalue weighted by Crippen LogP contribution is -2.16. The molecule has 27 heavy (non-hydrogen) atoms. The van der Waals surface area contributed by atoms with Gasteiger partial charge in [-0.25, -0.2) is 8.42 Å². The number of anilines is 2. The summed E-state index contributed by atoms with van der Waals surface area (Å²) in [5.74, 6) is -0.318. The van der Waals surface area contributed by atoms with Gasteiger partial charge in [0.1, 0.15) is 0 Å². The zero-order chi connectivity index (χ0) is 19.4. The maximum Gasteiger partial charge on any atom is 0.262 e. The predicted octanol–water partition coefficient (Wildman–Crippen LogP) is 4.70. The highest BCUT2D eigenvalue weighted by molar-refractivity contribution is 7.92. The Bertz CT molecular complexity index is 1080. The van der Waals surface area contributed by atoms with Crippen LogP contribution >= 0.6 is 11.6 Å². The molecule has 0 aliphatic heterocycles. The minimum Gasteiger partial charge on any atom is -0.322 e. The summed E-state index contributed by atoms with van der Waals surface area (Å²) in [5, 5.41) is 3.01. The smallest absolute Gasteiger partial charge is 0.262 e. The summed E-state index contributed by atoms with van der Waals surface area (Å²) < 4.78 is 28.1. The Morgan fingerprint density at radius 1 is 0.926 bits per heavy atom. The number of carbonyl (C=O) groups is 1. The van der Waals surface area contributed by atoms with Crippen molar-refractivity contribution in [3.8, 4) is 0 Å². The number of carbonyl (C=O) groups excluding carboxylic acids is 1. The van der Waals surface area contributed by atoms with Crippen molar-refractivity contribution in [2.24, 2.45) is 0 Å². The number of hydrogen-bond donors (Lipinski definition) is 2. The second kappa shape index (κ2) is 7.82. The summed E-state index contributed by atoms with van der Waals surface area (Å²) in [6.45, 7) is 1.68. The molecular formula is C20H17ClN2O3S. The number of benzene rings is 3. The molecule has 0 fully saturated rings. The number of aryl methyl sites for hydroxylation is 1. The van der Waals surface area contributed by atoms with E-state index in [1.165, 1.54) is 6.07 Å². The Morgan fingerprint density at radius 2 is 1.59 bits per heavy atom. The molecule has 138 valence electrons. The van der Waals surface area contributed by atoms with Gasteiger partial charge in [0.2, 0.25) is 0 Å². The molecule has 0 spiro atoms. The molecule has 5 nitrogen and oxygen atoms in total. The van der Waals surface area contributed by atoms with Crippen molar-refractivity contribution in [2.75, 3.05) is 10.0 Å². The van der Waals surface area contributed by atoms with E-state index in [9.17, 15) is 13.2 Å². The topological polar surface area (TPSA) is 75.3 Å². The van der Waals surface area contributed by atoms with E-state index in [1.54, 1.807) is 67.6 Å². The molecule has 0 saturated heterocycles. The number of sulfonamides is 1. The van der Waals surface area contributed by atoms with Crippen LogP contribution < -0.4 is 10.0 Å². The van der Waals surface area contributed by atoms with E-state index < -0.39 is 10.0 Å². The monoisotopic (exact) mass is 400 g/mol. The van der Waals surface area contributed by atoms with Gasteiger partial charge in [0.15, 0.2) is 0 Å². The summed E-state index contributed by atoms with van der Waals surface area (Å²) in [4.78, 5) is 12.4. The number of amides is 1. The number of rotatable bonds is 5. The average Bonchev–Trinajstić information content (AvgIpc) is 2.65. The van der Waals surface area contributed by atoms with Crippen LogP contribution in [0.15, 0.2) is 77.7 Å². The highest BCUT2D eigenvalue weighted by Gasteiger charge is 2.19. The molecule has 2 N–H and O–H groups in total. The lowest BCUT2D eigenvalue weighted by molar-refractivity contribution is 0.102. The van der Waals surface area contributed by atoms with Crippen molar-refractivity contribution in [1.82, 2.24) is 0 Å². The maximum atomic E-state index is 12.8. The zero-order valence-electron chi connectivity index (χ0n) is 14.4. The molecule has 0 saturated carbocycles. The van der Waals surface area contributed by atoms with Gasteiger partial charge in [-0.2, -0.15) is 0 Å². The zero-order valence-corrected chi connectivity index (χ0v) is 16.0. The van der Waals surface area contributed by atoms with Gasteiger partial charge in [-0.05, 0) is 48.9 Å². The summed E-state index contributed by atoms with van der Waals surface area (Å²) in [6, 6.07) is 20.0. The van der Waals surface area contributed by atoms with Crippen LogP contribution in [-0.2, 0) is 10.0 Å². The van der Waals surface area contributed by atoms with Crippen molar-refractivity contribution >= 4 is 38.9 Å². The van der Waals surface area contributed by atoms with Gasteiger partial charge in [0.25, 0.3) is 15.9 Å². The first-order chi connectivity index (χ1) is 12.9. The van der Waals surface area contributed by atoms with Gasteiger partial charge in [0.05, 0.1) is 15.6 Å². The molecule has 0 aliphatic carbocycles. The Hall–Kier alpha value is -2.83. The van der Waals surface area contributed by atoms with E-state index in [-0.39, 0.29) is 16.5 Å². The second-order valence-corrected chi connectivity index (χ2v) is 7.94. The van der Waals surface area contributed by atoms with Crippen molar-refractivity contribution in [2.45, 2.75) is 11.8 Å². The third kappa shape index (κ3) is 4.48. The lowest BCUT2D eigenvalue weighted by atomic mass is 10.2. The highest BCUT2D eigenvalue weighted by atomic mass is 35.5. The van der Waals surface area contributed by atoms with Crippen molar-refractivity contribution in [3.05, 3.63) is 88.9 Å². The van der Waals surface area contributed by atoms with Crippen LogP contribution in [0.1, 0.15) is 15.9 Å². The van der Waals surface area contributed by atoms with Gasteiger partial charge in [0, 0.05) is 11.3 Å². The SMILES string of the molecule is Cc1ccc(NC(=O)c2ccccc2)cc1S(=O)(=O)Nc1ccccc1Cl. The van der Waals surface area contributed by atoms with Crippen LogP contribution in [0.25, 0.3) is 0 Å². The Balaban J connectivity index is 1.89. The van der Waals surface area contributed by atoms with E-state index in [0.29, 0.717) is 21.8 Å². The fourth-order valence-electron chi connectivity index (χ4n) is 2.50. The number of nitrogens with one attached hydrogen (secondary N) is 2. The van der Waals surface area contributed by atoms with Gasteiger partial charge in [-0.3, -0.25) is 9.52 Å². The summed E-state index contributed by atoms with van der Waals surface area (Å²) in [7, 11) is -3.88. The molecule has 0 aliphatic rings. The molecule has 0 atom stereocenters. The van der Waals surface area contributed by atoms with Gasteiger partial charge in [-0.1, -0.05) is 48.0 Å². The Kier molecular flexibility index (Phi) is 5.48. The van der Waals surface area contributed by atoms with E-state index in [4.69, 9.17) is 11.6 Å². The average molecular weight is 401 g/mol. The quantitative estimate of drug-likeness (QED) is 0.651. The predicted molar refractivity (Wildman–Crippen MR) is 108 cm³/mol. The number of para-hydroxylation sites is 1. The van der Waals surface area contributed by atoms with E-state index >= 15 is 0 Å². The van der Waals surface area contributed by atoms with Crippen molar-refractivity contribution in [1.29, 1.82) is 0 Å². The molecule has 3 rings (SSSR count). The van der Waals surface area contributed by atoms with Gasteiger partial charge < -0.3 is 5.32 Å². The molecule has 0 unspecified atom stereocenters. The molecule has 1 amide bonds. The fraction of sp³-hybridized carbons (Fsp3) is 0.0500. The molecule has 0 bridgehead atoms. The molecule has 0 heterocycles. The van der Waals surface area contributed by atoms with Crippen LogP contribution in [0.4, 0.5) is 11.4 Å². The molecule has 3 aromatic rings. The summed E-state index contributed by atoms with van der Waals surface area (Å²) in [5.41, 5.74) is 1.70. The third-order valence-corrected chi connectivity index (χ3v) is 5.73. The maximum absolute atomic E-state index is 12.8. The molecule has 0 radical (unpaired) electrons. The standard InChI is InChI=1S/C20H17ClN2O3S/c1-14-11-12-16(22-20(24)15-7-3-2-4-8-15)13-19(14)27(25,26)23-18-10-6-5-9-17(18)21/h2-13,23H,1H3,(H,22,24). The van der Waals surface area contributed by atoms with Gasteiger partial charge in [-0.15, -0.1) is 0 Å². The van der Waals surface area contributed by atoms with Crippen LogP contribution in [0.2, 0.25) is 5.02 Å². The van der Waals surface area contributed by atoms with Crippen LogP contribution in [-0.4, -0.2) is 14.3 Å². The second-order valence-electron chi connectivity index (χ2n) is 5.89. The normalized spacial score (nSPS) is 11.0. The summed E-state index contributed by atoms with van der Waals surface area (Å²) >= 11 is 6.04. The molecule has 3 aromatic carbocycles. The van der Waals surface area contributed by atoms with Crippen LogP contribution in [0, 0.1) is 6.92 Å². The fourth-order valence-corrected chi connectivity index (χ4v) is 4.09. The van der Waals surface area contributed by atoms with E-state index in [0.717, 1.165) is 0 Å². The highest BCUT2D eigenvalue weighted by Crippen LogP contribution is 2.27. The van der Waals surface area contributed by atoms with E-state index in [2.05, 4.69) is 10.0 Å². The molecule has 7 heteroatoms. The lowest BCUT2D eigenvalue weighted by Gasteiger charge is -2.13. The van der Waals surface area contributed by atoms with Crippen molar-refractivity contribution in [3.63, 3.8) is 0 Å². The minimum atomic E-state index is -3.88. The van der Waals surface area contributed by atoms with Gasteiger partial charge >= 0.3 is 0 Å². The Labute approximate surface area is 163 Å². The van der Waals surface area contributed by atoms with Crippen LogP contribution in [0.3, 0.4) is 0 Å². The molecule has 0 aromatic heterocycles. The minimum absolute atomic E-state index is 0.0632.